The number of nitrogen functional groups attached to an aromatic ring is 2. The summed E-state index contributed by atoms with van der Waals surface area (Å²) in [5.41, 5.74) is 15.8. The summed E-state index contributed by atoms with van der Waals surface area (Å²) >= 11 is 0. The van der Waals surface area contributed by atoms with E-state index in [0.29, 0.717) is 11.8 Å². The lowest BCUT2D eigenvalue weighted by Gasteiger charge is -2.01. The summed E-state index contributed by atoms with van der Waals surface area (Å²) in [6.45, 7) is 5.99. The molecule has 0 unspecified atom stereocenters. The Labute approximate surface area is 214 Å². The standard InChI is InChI=1S/C24H38N6O2.2ClH/c1-3-5-7-9-11-16-29-21(23(25)31-27-29)19-14-13-15-20(18-19)22-24(26)32-28-30(22)17-12-10-8-6-4-2;;/h13-15,18H,3-12,16-17,25-26H2,1-2H3;2*1H/q+2;;/p-2. The first-order chi connectivity index (χ1) is 15.7. The summed E-state index contributed by atoms with van der Waals surface area (Å²) in [6, 6.07) is 8.06. The van der Waals surface area contributed by atoms with E-state index in [1.165, 1.54) is 51.4 Å². The molecule has 0 radical (unpaired) electrons. The Kier molecular flexibility index (Phi) is 13.6. The molecule has 190 valence electrons. The second kappa shape index (κ2) is 15.6. The van der Waals surface area contributed by atoms with Crippen LogP contribution >= 0.6 is 0 Å². The molecule has 0 amide bonds. The highest BCUT2D eigenvalue weighted by Gasteiger charge is 2.28. The van der Waals surface area contributed by atoms with Gasteiger partial charge < -0.3 is 36.3 Å². The van der Waals surface area contributed by atoms with Crippen molar-refractivity contribution in [3.8, 4) is 22.5 Å². The van der Waals surface area contributed by atoms with Crippen molar-refractivity contribution in [2.24, 2.45) is 0 Å². The van der Waals surface area contributed by atoms with E-state index in [1.807, 2.05) is 33.6 Å². The van der Waals surface area contributed by atoms with Crippen LogP contribution in [0.15, 0.2) is 33.3 Å². The number of hydrogen-bond donors (Lipinski definition) is 2. The third-order valence-electron chi connectivity index (χ3n) is 5.81. The largest absolute Gasteiger partial charge is 1.00 e. The fraction of sp³-hybridized carbons (Fsp3) is 0.583. The number of unbranched alkanes of at least 4 members (excludes halogenated alkanes) is 8. The smallest absolute Gasteiger partial charge is 0.304 e. The van der Waals surface area contributed by atoms with E-state index in [0.717, 1.165) is 48.4 Å². The number of rotatable bonds is 14. The molecule has 3 aromatic rings. The molecule has 0 saturated carbocycles. The van der Waals surface area contributed by atoms with Crippen LogP contribution in [0.1, 0.15) is 78.1 Å². The SMILES string of the molecule is CCCCCCC[n+]1noc(N)c1-c1cccc(-c2c(N)on[n+]2CCCCCCC)c1.[Cl-].[Cl-]. The van der Waals surface area contributed by atoms with E-state index in [9.17, 15) is 0 Å². The third kappa shape index (κ3) is 7.87. The maximum absolute atomic E-state index is 6.15. The van der Waals surface area contributed by atoms with Gasteiger partial charge in [0.05, 0.1) is 11.1 Å². The van der Waals surface area contributed by atoms with Crippen LogP contribution in [0.3, 0.4) is 0 Å². The molecule has 0 saturated heterocycles. The van der Waals surface area contributed by atoms with Gasteiger partial charge in [0, 0.05) is 12.8 Å². The Morgan fingerprint density at radius 3 is 1.50 bits per heavy atom. The monoisotopic (exact) mass is 512 g/mol. The van der Waals surface area contributed by atoms with Gasteiger partial charge in [-0.15, -0.1) is 0 Å². The Morgan fingerprint density at radius 1 is 0.676 bits per heavy atom. The van der Waals surface area contributed by atoms with Crippen molar-refractivity contribution in [3.63, 3.8) is 0 Å². The van der Waals surface area contributed by atoms with E-state index in [1.54, 1.807) is 0 Å². The van der Waals surface area contributed by atoms with E-state index in [2.05, 4.69) is 24.4 Å². The van der Waals surface area contributed by atoms with Crippen molar-refractivity contribution < 1.29 is 43.2 Å². The van der Waals surface area contributed by atoms with Gasteiger partial charge in [0.25, 0.3) is 0 Å². The molecular formula is C24H38Cl2N6O2. The molecule has 34 heavy (non-hydrogen) atoms. The fourth-order valence-corrected chi connectivity index (χ4v) is 4.04. The van der Waals surface area contributed by atoms with Crippen molar-refractivity contribution in [3.05, 3.63) is 24.3 Å². The predicted octanol–water partition coefficient (Wildman–Crippen LogP) is -1.32. The van der Waals surface area contributed by atoms with Gasteiger partial charge in [-0.05, 0) is 40.4 Å². The highest BCUT2D eigenvalue weighted by Crippen LogP contribution is 2.28. The molecule has 8 nitrogen and oxygen atoms in total. The first-order valence-corrected chi connectivity index (χ1v) is 12.1. The molecule has 0 atom stereocenters. The zero-order valence-electron chi connectivity index (χ0n) is 20.3. The molecule has 3 rings (SSSR count). The second-order valence-corrected chi connectivity index (χ2v) is 8.43. The zero-order chi connectivity index (χ0) is 22.8. The van der Waals surface area contributed by atoms with Gasteiger partial charge in [0.1, 0.15) is 0 Å². The van der Waals surface area contributed by atoms with Gasteiger partial charge in [0.2, 0.25) is 10.5 Å². The number of halogens is 2. The summed E-state index contributed by atoms with van der Waals surface area (Å²) in [5.74, 6) is 0.635. The first-order valence-electron chi connectivity index (χ1n) is 12.1. The van der Waals surface area contributed by atoms with Crippen LogP contribution < -0.4 is 45.6 Å². The summed E-state index contributed by atoms with van der Waals surface area (Å²) in [7, 11) is 0. The molecule has 0 aliphatic rings. The average Bonchev–Trinajstić information content (AvgIpc) is 3.35. The minimum absolute atomic E-state index is 0. The molecule has 0 spiro atoms. The second-order valence-electron chi connectivity index (χ2n) is 8.43. The summed E-state index contributed by atoms with van der Waals surface area (Å²) in [5, 5.41) is 8.32. The molecule has 4 N–H and O–H groups in total. The van der Waals surface area contributed by atoms with Crippen LogP contribution in [0, 0.1) is 0 Å². The minimum atomic E-state index is 0. The highest BCUT2D eigenvalue weighted by atomic mass is 35.5. The average molecular weight is 514 g/mol. The zero-order valence-corrected chi connectivity index (χ0v) is 21.8. The van der Waals surface area contributed by atoms with E-state index in [-0.39, 0.29) is 24.8 Å². The van der Waals surface area contributed by atoms with Crippen LogP contribution in [0.25, 0.3) is 22.5 Å². The van der Waals surface area contributed by atoms with Crippen LogP contribution in [-0.4, -0.2) is 10.5 Å². The van der Waals surface area contributed by atoms with E-state index < -0.39 is 0 Å². The Morgan fingerprint density at radius 2 is 1.09 bits per heavy atom. The van der Waals surface area contributed by atoms with Crippen LogP contribution in [0.2, 0.25) is 0 Å². The van der Waals surface area contributed by atoms with Crippen LogP contribution in [-0.2, 0) is 13.1 Å². The van der Waals surface area contributed by atoms with Crippen molar-refractivity contribution in [2.75, 3.05) is 11.5 Å². The molecule has 0 aliphatic heterocycles. The topological polar surface area (TPSA) is 112 Å². The lowest BCUT2D eigenvalue weighted by molar-refractivity contribution is -0.753. The molecule has 2 aromatic heterocycles. The molecule has 2 heterocycles. The first kappa shape index (κ1) is 29.7. The van der Waals surface area contributed by atoms with Crippen molar-refractivity contribution >= 4 is 11.8 Å². The molecular weight excluding hydrogens is 475 g/mol. The number of hydrogen-bond acceptors (Lipinski definition) is 6. The maximum atomic E-state index is 6.15. The molecule has 0 aliphatic carbocycles. The van der Waals surface area contributed by atoms with E-state index in [4.69, 9.17) is 20.5 Å². The Bertz CT molecular complexity index is 903. The van der Waals surface area contributed by atoms with Crippen LogP contribution in [0.4, 0.5) is 11.8 Å². The van der Waals surface area contributed by atoms with Crippen molar-refractivity contribution in [1.82, 2.24) is 10.5 Å². The molecule has 10 heteroatoms. The number of benzene rings is 1. The number of aryl methyl sites for hydroxylation is 2. The van der Waals surface area contributed by atoms with E-state index >= 15 is 0 Å². The van der Waals surface area contributed by atoms with Crippen molar-refractivity contribution in [1.29, 1.82) is 0 Å². The number of aromatic nitrogens is 4. The fourth-order valence-electron chi connectivity index (χ4n) is 4.04. The molecule has 0 fully saturated rings. The molecule has 0 bridgehead atoms. The quantitative estimate of drug-likeness (QED) is 0.205. The maximum Gasteiger partial charge on any atom is 0.304 e. The van der Waals surface area contributed by atoms with Gasteiger partial charge in [-0.25, -0.2) is 0 Å². The number of nitrogens with zero attached hydrogens (tertiary/aromatic N) is 4. The Balaban J connectivity index is 0.00000289. The van der Waals surface area contributed by atoms with Crippen LogP contribution in [0.5, 0.6) is 0 Å². The van der Waals surface area contributed by atoms with Gasteiger partial charge in [0.15, 0.2) is 13.1 Å². The summed E-state index contributed by atoms with van der Waals surface area (Å²) in [6.07, 6.45) is 11.9. The normalized spacial score (nSPS) is 10.6. The summed E-state index contributed by atoms with van der Waals surface area (Å²) in [4.78, 5) is 0. The highest BCUT2D eigenvalue weighted by molar-refractivity contribution is 5.74. The lowest BCUT2D eigenvalue weighted by Crippen LogP contribution is -3.00. The van der Waals surface area contributed by atoms with Gasteiger partial charge in [-0.2, -0.15) is 0 Å². The predicted molar refractivity (Wildman–Crippen MR) is 124 cm³/mol. The van der Waals surface area contributed by atoms with Gasteiger partial charge >= 0.3 is 23.2 Å². The summed E-state index contributed by atoms with van der Waals surface area (Å²) < 4.78 is 14.4. The lowest BCUT2D eigenvalue weighted by atomic mass is 10.1. The third-order valence-corrected chi connectivity index (χ3v) is 5.81. The molecule has 1 aromatic carbocycles. The van der Waals surface area contributed by atoms with Gasteiger partial charge in [-0.1, -0.05) is 58.4 Å². The number of anilines is 2. The minimum Gasteiger partial charge on any atom is -1.00 e. The number of nitrogens with two attached hydrogens (primary N) is 2. The van der Waals surface area contributed by atoms with Gasteiger partial charge in [-0.3, -0.25) is 9.05 Å². The van der Waals surface area contributed by atoms with Crippen molar-refractivity contribution in [2.45, 2.75) is 91.1 Å². The Hall–Kier alpha value is -2.32.